The quantitative estimate of drug-likeness (QED) is 0.794. The van der Waals surface area contributed by atoms with E-state index in [4.69, 9.17) is 9.47 Å². The zero-order valence-corrected chi connectivity index (χ0v) is 15.1. The zero-order valence-electron chi connectivity index (χ0n) is 14.3. The van der Waals surface area contributed by atoms with Crippen LogP contribution in [0.25, 0.3) is 10.9 Å². The number of benzene rings is 1. The number of aromatic nitrogens is 1. The molecule has 2 N–H and O–H groups in total. The molecule has 2 atom stereocenters. The van der Waals surface area contributed by atoms with Crippen LogP contribution >= 0.6 is 12.4 Å². The van der Waals surface area contributed by atoms with Gasteiger partial charge in [0.15, 0.2) is 0 Å². The standard InChI is InChI=1S/C18H24N2O4.ClH/c1-2-23-18(22)24-17-12-20(10-8-16(17)21)9-7-13-11-19-15-6-4-3-5-14(13)15;/h3-6,11,16-17,19,21H,2,7-10,12H2,1H3;1H/t16-,17-;/m0./s1. The average molecular weight is 369 g/mol. The molecule has 1 aliphatic heterocycles. The summed E-state index contributed by atoms with van der Waals surface area (Å²) in [7, 11) is 0. The van der Waals surface area contributed by atoms with E-state index in [1.54, 1.807) is 6.92 Å². The summed E-state index contributed by atoms with van der Waals surface area (Å²) < 4.78 is 10.0. The van der Waals surface area contributed by atoms with Crippen LogP contribution in [-0.2, 0) is 15.9 Å². The maximum atomic E-state index is 11.5. The fourth-order valence-corrected chi connectivity index (χ4v) is 3.18. The molecule has 0 bridgehead atoms. The topological polar surface area (TPSA) is 74.8 Å². The SMILES string of the molecule is CCOC(=O)O[C@H]1CN(CCc2c[nH]c3ccccc23)CC[C@@H]1O.Cl. The van der Waals surface area contributed by atoms with Gasteiger partial charge in [-0.2, -0.15) is 0 Å². The number of nitrogens with zero attached hydrogens (tertiary/aromatic N) is 1. The van der Waals surface area contributed by atoms with Crippen molar-refractivity contribution >= 4 is 29.5 Å². The first-order valence-electron chi connectivity index (χ1n) is 8.46. The van der Waals surface area contributed by atoms with Crippen molar-refractivity contribution in [2.75, 3.05) is 26.2 Å². The number of aromatic amines is 1. The summed E-state index contributed by atoms with van der Waals surface area (Å²) in [5.41, 5.74) is 2.42. The molecule has 3 rings (SSSR count). The summed E-state index contributed by atoms with van der Waals surface area (Å²) in [6.07, 6.45) is 1.69. The van der Waals surface area contributed by atoms with E-state index < -0.39 is 18.4 Å². The Hall–Kier alpha value is -1.76. The minimum atomic E-state index is -0.708. The number of H-pyrrole nitrogens is 1. The van der Waals surface area contributed by atoms with Crippen molar-refractivity contribution in [3.05, 3.63) is 36.0 Å². The van der Waals surface area contributed by atoms with Crippen molar-refractivity contribution in [1.82, 2.24) is 9.88 Å². The average Bonchev–Trinajstić information content (AvgIpc) is 2.99. The lowest BCUT2D eigenvalue weighted by atomic mass is 10.0. The molecule has 1 fully saturated rings. The van der Waals surface area contributed by atoms with Crippen LogP contribution in [0.15, 0.2) is 30.5 Å². The highest BCUT2D eigenvalue weighted by Gasteiger charge is 2.31. The van der Waals surface area contributed by atoms with Crippen molar-refractivity contribution in [2.24, 2.45) is 0 Å². The summed E-state index contributed by atoms with van der Waals surface area (Å²) in [5.74, 6) is 0. The van der Waals surface area contributed by atoms with Gasteiger partial charge in [-0.3, -0.25) is 4.90 Å². The molecule has 0 unspecified atom stereocenters. The fraction of sp³-hybridized carbons (Fsp3) is 0.500. The molecular weight excluding hydrogens is 344 g/mol. The number of carbonyl (C=O) groups is 1. The van der Waals surface area contributed by atoms with Crippen LogP contribution < -0.4 is 0 Å². The second-order valence-electron chi connectivity index (χ2n) is 6.11. The number of likely N-dealkylation sites (tertiary alicyclic amines) is 1. The summed E-state index contributed by atoms with van der Waals surface area (Å²) >= 11 is 0. The number of halogens is 1. The van der Waals surface area contributed by atoms with Crippen LogP contribution in [-0.4, -0.2) is 59.6 Å². The molecule has 0 amide bonds. The molecule has 1 saturated heterocycles. The van der Waals surface area contributed by atoms with Gasteiger partial charge in [0.25, 0.3) is 0 Å². The predicted molar refractivity (Wildman–Crippen MR) is 98.2 cm³/mol. The summed E-state index contributed by atoms with van der Waals surface area (Å²) in [6, 6.07) is 8.25. The molecular formula is C18H25ClN2O4. The van der Waals surface area contributed by atoms with Gasteiger partial charge >= 0.3 is 6.16 Å². The van der Waals surface area contributed by atoms with Gasteiger partial charge in [-0.1, -0.05) is 18.2 Å². The molecule has 2 heterocycles. The number of carbonyl (C=O) groups excluding carboxylic acids is 1. The van der Waals surface area contributed by atoms with E-state index in [1.807, 2.05) is 12.1 Å². The normalized spacial score (nSPS) is 20.9. The number of para-hydroxylation sites is 1. The summed E-state index contributed by atoms with van der Waals surface area (Å²) in [6.45, 7) is 4.18. The van der Waals surface area contributed by atoms with Crippen molar-refractivity contribution in [3.63, 3.8) is 0 Å². The molecule has 7 heteroatoms. The molecule has 6 nitrogen and oxygen atoms in total. The predicted octanol–water partition coefficient (Wildman–Crippen LogP) is 2.74. The van der Waals surface area contributed by atoms with Crippen molar-refractivity contribution in [1.29, 1.82) is 0 Å². The molecule has 2 aromatic rings. The molecule has 1 aromatic heterocycles. The Morgan fingerprint density at radius 3 is 3.00 bits per heavy atom. The van der Waals surface area contributed by atoms with E-state index >= 15 is 0 Å². The maximum Gasteiger partial charge on any atom is 0.508 e. The number of fused-ring (bicyclic) bond motifs is 1. The Labute approximate surface area is 153 Å². The molecule has 0 saturated carbocycles. The van der Waals surface area contributed by atoms with Gasteiger partial charge in [-0.05, 0) is 31.4 Å². The van der Waals surface area contributed by atoms with Crippen LogP contribution in [0.4, 0.5) is 4.79 Å². The van der Waals surface area contributed by atoms with Gasteiger partial charge in [-0.25, -0.2) is 4.79 Å². The molecule has 1 aromatic carbocycles. The number of piperidine rings is 1. The van der Waals surface area contributed by atoms with Gasteiger partial charge < -0.3 is 19.6 Å². The molecule has 25 heavy (non-hydrogen) atoms. The van der Waals surface area contributed by atoms with Gasteiger partial charge in [0.05, 0.1) is 12.7 Å². The van der Waals surface area contributed by atoms with Gasteiger partial charge in [-0.15, -0.1) is 12.4 Å². The fourth-order valence-electron chi connectivity index (χ4n) is 3.18. The third-order valence-electron chi connectivity index (χ3n) is 4.49. The third kappa shape index (κ3) is 4.87. The van der Waals surface area contributed by atoms with Crippen LogP contribution in [0, 0.1) is 0 Å². The number of aliphatic hydroxyl groups is 1. The Bertz CT molecular complexity index is 691. The number of hydrogen-bond acceptors (Lipinski definition) is 5. The number of rotatable bonds is 5. The monoisotopic (exact) mass is 368 g/mol. The van der Waals surface area contributed by atoms with Crippen LogP contribution in [0.5, 0.6) is 0 Å². The number of hydrogen-bond donors (Lipinski definition) is 2. The molecule has 0 aliphatic carbocycles. The van der Waals surface area contributed by atoms with Gasteiger partial charge in [0.2, 0.25) is 0 Å². The Morgan fingerprint density at radius 2 is 2.20 bits per heavy atom. The van der Waals surface area contributed by atoms with E-state index in [0.717, 1.165) is 25.0 Å². The number of ether oxygens (including phenoxy) is 2. The highest BCUT2D eigenvalue weighted by Crippen LogP contribution is 2.20. The van der Waals surface area contributed by atoms with Crippen LogP contribution in [0.3, 0.4) is 0 Å². The highest BCUT2D eigenvalue weighted by molar-refractivity contribution is 5.85. The Balaban J connectivity index is 0.00000225. The largest absolute Gasteiger partial charge is 0.508 e. The number of aliphatic hydroxyl groups excluding tert-OH is 1. The van der Waals surface area contributed by atoms with Crippen molar-refractivity contribution in [3.8, 4) is 0 Å². The first kappa shape index (κ1) is 19.6. The minimum absolute atomic E-state index is 0. The second kappa shape index (κ2) is 9.08. The van der Waals surface area contributed by atoms with E-state index in [9.17, 15) is 9.90 Å². The minimum Gasteiger partial charge on any atom is -0.435 e. The van der Waals surface area contributed by atoms with Crippen LogP contribution in [0.1, 0.15) is 18.9 Å². The van der Waals surface area contributed by atoms with Gasteiger partial charge in [0.1, 0.15) is 6.10 Å². The third-order valence-corrected chi connectivity index (χ3v) is 4.49. The summed E-state index contributed by atoms with van der Waals surface area (Å²) in [4.78, 5) is 17.0. The van der Waals surface area contributed by atoms with Crippen LogP contribution in [0.2, 0.25) is 0 Å². The molecule has 138 valence electrons. The maximum absolute atomic E-state index is 11.5. The van der Waals surface area contributed by atoms with E-state index in [0.29, 0.717) is 13.0 Å². The second-order valence-corrected chi connectivity index (χ2v) is 6.11. The molecule has 0 spiro atoms. The lowest BCUT2D eigenvalue weighted by Crippen LogP contribution is -2.49. The Kier molecular flexibility index (Phi) is 7.11. The number of nitrogens with one attached hydrogen (secondary N) is 1. The molecule has 0 radical (unpaired) electrons. The lowest BCUT2D eigenvalue weighted by Gasteiger charge is -2.35. The lowest BCUT2D eigenvalue weighted by molar-refractivity contribution is -0.0670. The first-order chi connectivity index (χ1) is 11.7. The summed E-state index contributed by atoms with van der Waals surface area (Å²) in [5, 5.41) is 11.3. The first-order valence-corrected chi connectivity index (χ1v) is 8.46. The van der Waals surface area contributed by atoms with Crippen molar-refractivity contribution < 1.29 is 19.4 Å². The smallest absolute Gasteiger partial charge is 0.435 e. The highest BCUT2D eigenvalue weighted by atomic mass is 35.5. The zero-order chi connectivity index (χ0) is 16.9. The van der Waals surface area contributed by atoms with Crippen molar-refractivity contribution in [2.45, 2.75) is 32.0 Å². The van der Waals surface area contributed by atoms with Gasteiger partial charge in [0, 0.05) is 36.7 Å². The Morgan fingerprint density at radius 1 is 1.40 bits per heavy atom. The van der Waals surface area contributed by atoms with E-state index in [1.165, 1.54) is 10.9 Å². The molecule has 1 aliphatic rings. The van der Waals surface area contributed by atoms with E-state index in [2.05, 4.69) is 28.2 Å². The van der Waals surface area contributed by atoms with E-state index in [-0.39, 0.29) is 19.0 Å².